The van der Waals surface area contributed by atoms with Crippen LogP contribution in [-0.2, 0) is 9.59 Å². The van der Waals surface area contributed by atoms with Crippen LogP contribution >= 0.6 is 15.9 Å². The molecule has 1 atom stereocenters. The van der Waals surface area contributed by atoms with E-state index in [0.717, 1.165) is 20.9 Å². The van der Waals surface area contributed by atoms with Gasteiger partial charge in [0, 0.05) is 10.2 Å². The van der Waals surface area contributed by atoms with Gasteiger partial charge in [0.25, 0.3) is 0 Å². The van der Waals surface area contributed by atoms with Crippen molar-refractivity contribution in [2.45, 2.75) is 12.5 Å². The molecule has 0 aliphatic carbocycles. The van der Waals surface area contributed by atoms with Gasteiger partial charge in [-0.1, -0.05) is 28.1 Å². The maximum Gasteiger partial charge on any atom is 0.249 e. The van der Waals surface area contributed by atoms with Gasteiger partial charge in [-0.25, -0.2) is 0 Å². The fourth-order valence-electron chi connectivity index (χ4n) is 2.18. The number of imide groups is 1. The fourth-order valence-corrected chi connectivity index (χ4v) is 2.56. The van der Waals surface area contributed by atoms with E-state index in [1.54, 1.807) is 0 Å². The summed E-state index contributed by atoms with van der Waals surface area (Å²) in [5.74, 6) is -0.492. The van der Waals surface area contributed by atoms with E-state index in [2.05, 4.69) is 26.6 Å². The minimum atomic E-state index is -0.472. The van der Waals surface area contributed by atoms with Crippen LogP contribution < -0.4 is 10.6 Å². The second-order valence-corrected chi connectivity index (χ2v) is 5.44. The number of halogens is 1. The Labute approximate surface area is 118 Å². The van der Waals surface area contributed by atoms with Crippen molar-refractivity contribution < 1.29 is 9.59 Å². The number of rotatable bonds is 2. The van der Waals surface area contributed by atoms with E-state index in [0.29, 0.717) is 0 Å². The molecule has 0 aromatic heterocycles. The summed E-state index contributed by atoms with van der Waals surface area (Å²) < 4.78 is 1.03. The van der Waals surface area contributed by atoms with E-state index < -0.39 is 6.04 Å². The number of hydrogen-bond acceptors (Lipinski definition) is 3. The third kappa shape index (κ3) is 2.46. The van der Waals surface area contributed by atoms with Crippen molar-refractivity contribution >= 4 is 44.2 Å². The molecule has 2 N–H and O–H groups in total. The predicted octanol–water partition coefficient (Wildman–Crippen LogP) is 2.43. The number of nitrogens with one attached hydrogen (secondary N) is 2. The van der Waals surface area contributed by atoms with Gasteiger partial charge in [0.2, 0.25) is 11.8 Å². The average Bonchev–Trinajstić information content (AvgIpc) is 2.68. The third-order valence-corrected chi connectivity index (χ3v) is 3.61. The summed E-state index contributed by atoms with van der Waals surface area (Å²) in [4.78, 5) is 22.6. The molecule has 1 fully saturated rings. The predicted molar refractivity (Wildman–Crippen MR) is 76.8 cm³/mol. The zero-order valence-corrected chi connectivity index (χ0v) is 11.5. The number of anilines is 1. The number of amides is 2. The monoisotopic (exact) mass is 318 g/mol. The number of hydrogen-bond donors (Lipinski definition) is 2. The number of fused-ring (bicyclic) bond motifs is 1. The molecule has 19 heavy (non-hydrogen) atoms. The summed E-state index contributed by atoms with van der Waals surface area (Å²) in [5, 5.41) is 7.57. The molecular formula is C14H11BrN2O2. The van der Waals surface area contributed by atoms with Gasteiger partial charge in [-0.2, -0.15) is 0 Å². The fraction of sp³-hybridized carbons (Fsp3) is 0.143. The lowest BCUT2D eigenvalue weighted by Crippen LogP contribution is -2.29. The standard InChI is InChI=1S/C14H11BrN2O2/c15-10-3-1-9-6-11(4-2-8(9)5-10)16-12-7-13(18)17-14(12)19/h1-6,12,16H,7H2,(H,17,18,19). The van der Waals surface area contributed by atoms with Crippen LogP contribution in [0.2, 0.25) is 0 Å². The molecule has 2 aromatic carbocycles. The summed E-state index contributed by atoms with van der Waals surface area (Å²) >= 11 is 3.43. The highest BCUT2D eigenvalue weighted by atomic mass is 79.9. The highest BCUT2D eigenvalue weighted by Crippen LogP contribution is 2.23. The molecule has 1 heterocycles. The van der Waals surface area contributed by atoms with E-state index >= 15 is 0 Å². The van der Waals surface area contributed by atoms with E-state index in [-0.39, 0.29) is 18.2 Å². The minimum Gasteiger partial charge on any atom is -0.373 e. The van der Waals surface area contributed by atoms with Crippen LogP contribution in [0.5, 0.6) is 0 Å². The van der Waals surface area contributed by atoms with E-state index in [1.165, 1.54) is 0 Å². The van der Waals surface area contributed by atoms with Gasteiger partial charge in [-0.15, -0.1) is 0 Å². The summed E-state index contributed by atoms with van der Waals surface area (Å²) in [7, 11) is 0. The average molecular weight is 319 g/mol. The molecule has 96 valence electrons. The Kier molecular flexibility index (Phi) is 2.98. The largest absolute Gasteiger partial charge is 0.373 e. The van der Waals surface area contributed by atoms with Gasteiger partial charge in [0.15, 0.2) is 0 Å². The first-order valence-electron chi connectivity index (χ1n) is 5.91. The molecule has 1 unspecified atom stereocenters. The van der Waals surface area contributed by atoms with Crippen molar-refractivity contribution in [3.05, 3.63) is 40.9 Å². The molecule has 0 radical (unpaired) electrons. The summed E-state index contributed by atoms with van der Waals surface area (Å²) in [6.07, 6.45) is 0.192. The molecule has 3 rings (SSSR count). The molecule has 1 aliphatic rings. The van der Waals surface area contributed by atoms with Crippen molar-refractivity contribution in [3.63, 3.8) is 0 Å². The molecule has 2 amide bonds. The van der Waals surface area contributed by atoms with Crippen LogP contribution in [0.3, 0.4) is 0 Å². The Morgan fingerprint density at radius 2 is 1.84 bits per heavy atom. The Morgan fingerprint density at radius 1 is 1.11 bits per heavy atom. The van der Waals surface area contributed by atoms with Crippen molar-refractivity contribution in [2.75, 3.05) is 5.32 Å². The molecule has 5 heteroatoms. The second-order valence-electron chi connectivity index (χ2n) is 4.52. The quantitative estimate of drug-likeness (QED) is 0.836. The molecule has 0 bridgehead atoms. The molecule has 1 saturated heterocycles. The van der Waals surface area contributed by atoms with Gasteiger partial charge in [0.1, 0.15) is 6.04 Å². The van der Waals surface area contributed by atoms with Crippen molar-refractivity contribution in [3.8, 4) is 0 Å². The van der Waals surface area contributed by atoms with E-state index in [1.807, 2.05) is 36.4 Å². The molecular weight excluding hydrogens is 308 g/mol. The summed E-state index contributed by atoms with van der Waals surface area (Å²) in [6, 6.07) is 11.4. The summed E-state index contributed by atoms with van der Waals surface area (Å²) in [6.45, 7) is 0. The van der Waals surface area contributed by atoms with Crippen LogP contribution in [0.15, 0.2) is 40.9 Å². The first-order chi connectivity index (χ1) is 9.11. The van der Waals surface area contributed by atoms with Gasteiger partial charge >= 0.3 is 0 Å². The summed E-state index contributed by atoms with van der Waals surface area (Å²) in [5.41, 5.74) is 0.838. The van der Waals surface area contributed by atoms with E-state index in [4.69, 9.17) is 0 Å². The number of carbonyl (C=O) groups is 2. The van der Waals surface area contributed by atoms with Crippen LogP contribution in [0.4, 0.5) is 5.69 Å². The lowest BCUT2D eigenvalue weighted by molar-refractivity contribution is -0.124. The Bertz CT molecular complexity index is 684. The first kappa shape index (κ1) is 12.2. The maximum atomic E-state index is 11.5. The van der Waals surface area contributed by atoms with E-state index in [9.17, 15) is 9.59 Å². The SMILES string of the molecule is O=C1CC(Nc2ccc3cc(Br)ccc3c2)C(=O)N1. The topological polar surface area (TPSA) is 58.2 Å². The van der Waals surface area contributed by atoms with Crippen molar-refractivity contribution in [1.29, 1.82) is 0 Å². The Hall–Kier alpha value is -1.88. The van der Waals surface area contributed by atoms with Crippen LogP contribution in [0, 0.1) is 0 Å². The maximum absolute atomic E-state index is 11.5. The molecule has 0 spiro atoms. The molecule has 4 nitrogen and oxygen atoms in total. The van der Waals surface area contributed by atoms with Crippen LogP contribution in [0.25, 0.3) is 10.8 Å². The highest BCUT2D eigenvalue weighted by Gasteiger charge is 2.30. The van der Waals surface area contributed by atoms with Gasteiger partial charge in [-0.05, 0) is 35.0 Å². The zero-order valence-electron chi connectivity index (χ0n) is 9.94. The van der Waals surface area contributed by atoms with Crippen LogP contribution in [-0.4, -0.2) is 17.9 Å². The normalized spacial score (nSPS) is 18.7. The lowest BCUT2D eigenvalue weighted by Gasteiger charge is -2.11. The van der Waals surface area contributed by atoms with Gasteiger partial charge in [-0.3, -0.25) is 14.9 Å². The van der Waals surface area contributed by atoms with Gasteiger partial charge < -0.3 is 5.32 Å². The Balaban J connectivity index is 1.87. The minimum absolute atomic E-state index is 0.192. The van der Waals surface area contributed by atoms with Crippen LogP contribution in [0.1, 0.15) is 6.42 Å². The second kappa shape index (κ2) is 4.66. The van der Waals surface area contributed by atoms with Crippen molar-refractivity contribution in [1.82, 2.24) is 5.32 Å². The number of benzene rings is 2. The lowest BCUT2D eigenvalue weighted by atomic mass is 10.1. The zero-order chi connectivity index (χ0) is 13.4. The first-order valence-corrected chi connectivity index (χ1v) is 6.71. The van der Waals surface area contributed by atoms with Gasteiger partial charge in [0.05, 0.1) is 6.42 Å². The molecule has 1 aliphatic heterocycles. The molecule has 0 saturated carbocycles. The third-order valence-electron chi connectivity index (χ3n) is 3.11. The number of carbonyl (C=O) groups excluding carboxylic acids is 2. The molecule has 2 aromatic rings. The Morgan fingerprint density at radius 3 is 2.58 bits per heavy atom. The highest BCUT2D eigenvalue weighted by molar-refractivity contribution is 9.10. The smallest absolute Gasteiger partial charge is 0.249 e. The van der Waals surface area contributed by atoms with Crippen molar-refractivity contribution in [2.24, 2.45) is 0 Å².